The molecule has 0 aromatic heterocycles. The molecule has 0 fully saturated rings. The number of aryl methyl sites for hydroxylation is 1. The minimum absolute atomic E-state index is 0.0256. The van der Waals surface area contributed by atoms with Crippen LogP contribution in [0.2, 0.25) is 0 Å². The molecule has 0 bridgehead atoms. The quantitative estimate of drug-likeness (QED) is 0.687. The number of para-hydroxylation sites is 1. The molecule has 0 saturated heterocycles. The molecule has 0 N–H and O–H groups in total. The molecule has 140 valence electrons. The first-order chi connectivity index (χ1) is 12.3. The van der Waals surface area contributed by atoms with E-state index < -0.39 is 22.5 Å². The van der Waals surface area contributed by atoms with Crippen LogP contribution in [0.15, 0.2) is 47.4 Å². The van der Waals surface area contributed by atoms with Crippen LogP contribution < -0.4 is 13.8 Å². The Morgan fingerprint density at radius 1 is 1.00 bits per heavy atom. The molecule has 2 aromatic carbocycles. The number of hydrogen-bond donors (Lipinski definition) is 0. The van der Waals surface area contributed by atoms with Gasteiger partial charge in [-0.25, -0.2) is 8.42 Å². The molecule has 26 heavy (non-hydrogen) atoms. The highest BCUT2D eigenvalue weighted by molar-refractivity contribution is 7.92. The van der Waals surface area contributed by atoms with Gasteiger partial charge in [-0.05, 0) is 30.7 Å². The molecule has 0 aliphatic carbocycles. The molecule has 2 aromatic rings. The molecule has 0 atom stereocenters. The highest BCUT2D eigenvalue weighted by Crippen LogP contribution is 2.33. The number of ether oxygens (including phenoxy) is 3. The van der Waals surface area contributed by atoms with Crippen LogP contribution in [0.1, 0.15) is 5.56 Å². The Hall–Kier alpha value is -2.74. The van der Waals surface area contributed by atoms with Crippen LogP contribution in [0.3, 0.4) is 0 Å². The first-order valence-corrected chi connectivity index (χ1v) is 9.16. The first kappa shape index (κ1) is 19.6. The maximum Gasteiger partial charge on any atom is 0.326 e. The van der Waals surface area contributed by atoms with Crippen molar-refractivity contribution in [2.45, 2.75) is 11.8 Å². The van der Waals surface area contributed by atoms with Gasteiger partial charge in [0.1, 0.15) is 6.54 Å². The van der Waals surface area contributed by atoms with Gasteiger partial charge in [0.15, 0.2) is 11.5 Å². The number of esters is 1. The number of nitrogens with zero attached hydrogens (tertiary/aromatic N) is 1. The fraction of sp³-hybridized carbons (Fsp3) is 0.278. The van der Waals surface area contributed by atoms with Crippen molar-refractivity contribution < 1.29 is 27.4 Å². The number of benzene rings is 2. The first-order valence-electron chi connectivity index (χ1n) is 7.72. The van der Waals surface area contributed by atoms with Crippen molar-refractivity contribution in [1.82, 2.24) is 0 Å². The van der Waals surface area contributed by atoms with E-state index in [9.17, 15) is 13.2 Å². The van der Waals surface area contributed by atoms with E-state index in [2.05, 4.69) is 4.74 Å². The van der Waals surface area contributed by atoms with Crippen molar-refractivity contribution in [3.63, 3.8) is 0 Å². The van der Waals surface area contributed by atoms with Gasteiger partial charge in [0, 0.05) is 6.07 Å². The fourth-order valence-corrected chi connectivity index (χ4v) is 3.92. The third-order valence-electron chi connectivity index (χ3n) is 3.83. The van der Waals surface area contributed by atoms with Gasteiger partial charge in [-0.1, -0.05) is 18.2 Å². The highest BCUT2D eigenvalue weighted by atomic mass is 32.2. The van der Waals surface area contributed by atoms with Gasteiger partial charge >= 0.3 is 5.97 Å². The third-order valence-corrected chi connectivity index (χ3v) is 5.58. The summed E-state index contributed by atoms with van der Waals surface area (Å²) in [4.78, 5) is 11.8. The van der Waals surface area contributed by atoms with Gasteiger partial charge in [-0.15, -0.1) is 0 Å². The number of methoxy groups -OCH3 is 3. The van der Waals surface area contributed by atoms with Crippen LogP contribution in [0, 0.1) is 6.92 Å². The van der Waals surface area contributed by atoms with Crippen LogP contribution in [0.25, 0.3) is 0 Å². The maximum absolute atomic E-state index is 13.2. The summed E-state index contributed by atoms with van der Waals surface area (Å²) >= 11 is 0. The minimum atomic E-state index is -4.04. The van der Waals surface area contributed by atoms with Crippen LogP contribution >= 0.6 is 0 Å². The second-order valence-electron chi connectivity index (χ2n) is 5.39. The van der Waals surface area contributed by atoms with Gasteiger partial charge < -0.3 is 14.2 Å². The number of rotatable bonds is 7. The number of carbonyl (C=O) groups is 1. The average molecular weight is 379 g/mol. The molecule has 0 radical (unpaired) electrons. The zero-order valence-electron chi connectivity index (χ0n) is 15.1. The molecule has 8 heteroatoms. The van der Waals surface area contributed by atoms with Gasteiger partial charge in [0.25, 0.3) is 10.0 Å². The zero-order valence-corrected chi connectivity index (χ0v) is 15.9. The summed E-state index contributed by atoms with van der Waals surface area (Å²) in [6.45, 7) is 1.32. The lowest BCUT2D eigenvalue weighted by atomic mass is 10.2. The van der Waals surface area contributed by atoms with Gasteiger partial charge in [0.2, 0.25) is 0 Å². The SMILES string of the molecule is COC(=O)CN(c1ccccc1C)S(=O)(=O)c1ccc(OC)c(OC)c1. The third kappa shape index (κ3) is 3.91. The van der Waals surface area contributed by atoms with Crippen molar-refractivity contribution in [2.75, 3.05) is 32.2 Å². The molecule has 0 aliphatic rings. The van der Waals surface area contributed by atoms with Crippen LogP contribution in [0.5, 0.6) is 11.5 Å². The van der Waals surface area contributed by atoms with E-state index >= 15 is 0 Å². The summed E-state index contributed by atoms with van der Waals surface area (Å²) < 4.78 is 42.5. The van der Waals surface area contributed by atoms with Crippen LogP contribution in [0.4, 0.5) is 5.69 Å². The molecular weight excluding hydrogens is 358 g/mol. The topological polar surface area (TPSA) is 82.1 Å². The van der Waals surface area contributed by atoms with E-state index in [0.717, 1.165) is 4.31 Å². The molecular formula is C18H21NO6S. The van der Waals surface area contributed by atoms with E-state index in [4.69, 9.17) is 9.47 Å². The molecule has 0 heterocycles. The molecule has 7 nitrogen and oxygen atoms in total. The second kappa shape index (κ2) is 8.09. The monoisotopic (exact) mass is 379 g/mol. The van der Waals surface area contributed by atoms with Gasteiger partial charge in [0.05, 0.1) is 31.9 Å². The lowest BCUT2D eigenvalue weighted by molar-refractivity contribution is -0.138. The number of hydrogen-bond acceptors (Lipinski definition) is 6. The molecule has 0 unspecified atom stereocenters. The standard InChI is InChI=1S/C18H21NO6S/c1-13-7-5-6-8-15(13)19(12-18(20)25-4)26(21,22)14-9-10-16(23-2)17(11-14)24-3/h5-11H,12H2,1-4H3. The summed E-state index contributed by atoms with van der Waals surface area (Å²) in [7, 11) is 0.0470. The lowest BCUT2D eigenvalue weighted by Gasteiger charge is -2.25. The fourth-order valence-electron chi connectivity index (χ4n) is 2.43. The van der Waals surface area contributed by atoms with E-state index in [0.29, 0.717) is 17.0 Å². The Bertz CT molecular complexity index is 894. The Morgan fingerprint density at radius 3 is 2.23 bits per heavy atom. The highest BCUT2D eigenvalue weighted by Gasteiger charge is 2.29. The summed E-state index contributed by atoms with van der Waals surface area (Å²) in [5.74, 6) is 0.00976. The molecule has 2 rings (SSSR count). The molecule has 0 amide bonds. The Morgan fingerprint density at radius 2 is 1.65 bits per heavy atom. The number of sulfonamides is 1. The molecule has 0 aliphatic heterocycles. The van der Waals surface area contributed by atoms with Crippen molar-refractivity contribution in [2.24, 2.45) is 0 Å². The Kier molecular flexibility index (Phi) is 6.10. The van der Waals surface area contributed by atoms with Crippen molar-refractivity contribution in [3.05, 3.63) is 48.0 Å². The van der Waals surface area contributed by atoms with Crippen LogP contribution in [-0.4, -0.2) is 42.3 Å². The van der Waals surface area contributed by atoms with E-state index in [1.165, 1.54) is 39.5 Å². The van der Waals surface area contributed by atoms with Crippen LogP contribution in [-0.2, 0) is 19.6 Å². The summed E-state index contributed by atoms with van der Waals surface area (Å²) in [6, 6.07) is 11.2. The lowest BCUT2D eigenvalue weighted by Crippen LogP contribution is -2.36. The van der Waals surface area contributed by atoms with E-state index in [1.54, 1.807) is 31.2 Å². The van der Waals surface area contributed by atoms with Crippen molar-refractivity contribution in [3.8, 4) is 11.5 Å². The Balaban J connectivity index is 2.59. The largest absolute Gasteiger partial charge is 0.493 e. The number of carbonyl (C=O) groups excluding carboxylic acids is 1. The van der Waals surface area contributed by atoms with E-state index in [1.807, 2.05) is 0 Å². The smallest absolute Gasteiger partial charge is 0.326 e. The van der Waals surface area contributed by atoms with Crippen molar-refractivity contribution in [1.29, 1.82) is 0 Å². The summed E-state index contributed by atoms with van der Waals surface area (Å²) in [5, 5.41) is 0. The predicted molar refractivity (Wildman–Crippen MR) is 97.3 cm³/mol. The van der Waals surface area contributed by atoms with Crippen molar-refractivity contribution >= 4 is 21.7 Å². The zero-order chi connectivity index (χ0) is 19.3. The summed E-state index contributed by atoms with van der Waals surface area (Å²) in [5.41, 5.74) is 1.10. The normalized spacial score (nSPS) is 10.9. The van der Waals surface area contributed by atoms with E-state index in [-0.39, 0.29) is 10.6 Å². The maximum atomic E-state index is 13.2. The molecule has 0 spiro atoms. The average Bonchev–Trinajstić information content (AvgIpc) is 2.65. The molecule has 0 saturated carbocycles. The number of anilines is 1. The van der Waals surface area contributed by atoms with Gasteiger partial charge in [-0.3, -0.25) is 9.10 Å². The second-order valence-corrected chi connectivity index (χ2v) is 7.25. The Labute approximate surface area is 153 Å². The van der Waals surface area contributed by atoms with Gasteiger partial charge in [-0.2, -0.15) is 0 Å². The minimum Gasteiger partial charge on any atom is -0.493 e. The predicted octanol–water partition coefficient (Wildman–Crippen LogP) is 2.38. The summed E-state index contributed by atoms with van der Waals surface area (Å²) in [6.07, 6.45) is 0.